The monoisotopic (exact) mass is 409 g/mol. The van der Waals surface area contributed by atoms with E-state index in [1.54, 1.807) is 12.3 Å². The van der Waals surface area contributed by atoms with Crippen LogP contribution in [0.15, 0.2) is 42.9 Å². The highest BCUT2D eigenvalue weighted by Gasteiger charge is 2.45. The SMILES string of the molecule is Nc1ncnc2c1nc(Nc1ccnc3ccccc13)n2C1OC(CO)C(O)C1O. The summed E-state index contributed by atoms with van der Waals surface area (Å²) < 4.78 is 7.22. The predicted molar refractivity (Wildman–Crippen MR) is 108 cm³/mol. The maximum atomic E-state index is 10.6. The van der Waals surface area contributed by atoms with E-state index in [1.165, 1.54) is 10.9 Å². The average Bonchev–Trinajstić information content (AvgIpc) is 3.26. The Balaban J connectivity index is 1.67. The smallest absolute Gasteiger partial charge is 0.212 e. The van der Waals surface area contributed by atoms with Crippen LogP contribution in [0.3, 0.4) is 0 Å². The topological polar surface area (TPSA) is 164 Å². The molecule has 0 saturated carbocycles. The number of nitrogens with one attached hydrogen (secondary N) is 1. The maximum Gasteiger partial charge on any atom is 0.212 e. The summed E-state index contributed by atoms with van der Waals surface area (Å²) in [6.07, 6.45) is -1.64. The van der Waals surface area contributed by atoms with Gasteiger partial charge in [-0.1, -0.05) is 18.2 Å². The van der Waals surface area contributed by atoms with Crippen LogP contribution in [0.5, 0.6) is 0 Å². The van der Waals surface area contributed by atoms with Crippen molar-refractivity contribution in [1.82, 2.24) is 24.5 Å². The second-order valence-corrected chi connectivity index (χ2v) is 6.97. The highest BCUT2D eigenvalue weighted by Crippen LogP contribution is 2.36. The Bertz CT molecular complexity index is 1220. The molecule has 0 bridgehead atoms. The van der Waals surface area contributed by atoms with Gasteiger partial charge in [-0.25, -0.2) is 15.0 Å². The number of hydrogen-bond donors (Lipinski definition) is 5. The second-order valence-electron chi connectivity index (χ2n) is 6.97. The molecule has 4 heterocycles. The summed E-state index contributed by atoms with van der Waals surface area (Å²) in [5.74, 6) is 0.441. The summed E-state index contributed by atoms with van der Waals surface area (Å²) >= 11 is 0. The van der Waals surface area contributed by atoms with Crippen LogP contribution in [0, 0.1) is 0 Å². The molecule has 4 aromatic rings. The van der Waals surface area contributed by atoms with Gasteiger partial charge in [0.2, 0.25) is 5.95 Å². The van der Waals surface area contributed by atoms with E-state index in [-0.39, 0.29) is 11.8 Å². The van der Waals surface area contributed by atoms with Gasteiger partial charge in [-0.3, -0.25) is 9.55 Å². The molecule has 0 radical (unpaired) electrons. The van der Waals surface area contributed by atoms with E-state index in [0.717, 1.165) is 16.6 Å². The van der Waals surface area contributed by atoms with Crippen molar-refractivity contribution in [3.63, 3.8) is 0 Å². The van der Waals surface area contributed by atoms with Crippen molar-refractivity contribution in [1.29, 1.82) is 0 Å². The zero-order chi connectivity index (χ0) is 20.8. The van der Waals surface area contributed by atoms with Gasteiger partial charge in [0.05, 0.1) is 17.8 Å². The number of pyridine rings is 1. The molecule has 11 heteroatoms. The van der Waals surface area contributed by atoms with E-state index in [1.807, 2.05) is 24.3 Å². The molecule has 11 nitrogen and oxygen atoms in total. The van der Waals surface area contributed by atoms with Gasteiger partial charge in [-0.05, 0) is 12.1 Å². The van der Waals surface area contributed by atoms with Crippen molar-refractivity contribution < 1.29 is 20.1 Å². The first kappa shape index (κ1) is 18.6. The molecule has 1 saturated heterocycles. The molecule has 0 spiro atoms. The van der Waals surface area contributed by atoms with Crippen molar-refractivity contribution >= 4 is 39.5 Å². The molecule has 30 heavy (non-hydrogen) atoms. The van der Waals surface area contributed by atoms with E-state index in [2.05, 4.69) is 25.3 Å². The third kappa shape index (κ3) is 2.83. The van der Waals surface area contributed by atoms with E-state index in [9.17, 15) is 15.3 Å². The fraction of sp³-hybridized carbons (Fsp3) is 0.263. The standard InChI is InChI=1S/C19H19N7O4/c20-16-13-17(23-8-22-16)26(18-15(29)14(28)12(7-27)30-18)19(25-13)24-11-5-6-21-10-4-2-1-3-9(10)11/h1-6,8,12,14-15,18,27-29H,7H2,(H2,20,22,23)(H,21,24,25). The van der Waals surface area contributed by atoms with Gasteiger partial charge in [0, 0.05) is 11.6 Å². The summed E-state index contributed by atoms with van der Waals surface area (Å²) in [6, 6.07) is 9.38. The number of anilines is 3. The highest BCUT2D eigenvalue weighted by molar-refractivity contribution is 5.93. The second kappa shape index (κ2) is 7.15. The Hall–Kier alpha value is -3.38. The minimum atomic E-state index is -1.31. The summed E-state index contributed by atoms with van der Waals surface area (Å²) in [7, 11) is 0. The molecule has 6 N–H and O–H groups in total. The number of rotatable bonds is 4. The number of ether oxygens (including phenoxy) is 1. The molecule has 154 valence electrons. The first-order valence-corrected chi connectivity index (χ1v) is 9.30. The van der Waals surface area contributed by atoms with Crippen LogP contribution in [0.25, 0.3) is 22.1 Å². The van der Waals surface area contributed by atoms with E-state index < -0.39 is 31.1 Å². The van der Waals surface area contributed by atoms with Gasteiger partial charge in [-0.15, -0.1) is 0 Å². The fourth-order valence-electron chi connectivity index (χ4n) is 3.67. The lowest BCUT2D eigenvalue weighted by atomic mass is 10.1. The molecule has 3 aromatic heterocycles. The third-order valence-corrected chi connectivity index (χ3v) is 5.17. The first-order chi connectivity index (χ1) is 14.6. The summed E-state index contributed by atoms with van der Waals surface area (Å²) in [6.45, 7) is -0.448. The molecule has 1 aliphatic heterocycles. The van der Waals surface area contributed by atoms with Gasteiger partial charge < -0.3 is 31.1 Å². The van der Waals surface area contributed by atoms with Gasteiger partial charge in [0.25, 0.3) is 0 Å². The van der Waals surface area contributed by atoms with E-state index >= 15 is 0 Å². The fourth-order valence-corrected chi connectivity index (χ4v) is 3.67. The van der Waals surface area contributed by atoms with Crippen LogP contribution in [0.4, 0.5) is 17.5 Å². The number of aliphatic hydroxyl groups is 3. The van der Waals surface area contributed by atoms with Gasteiger partial charge in [-0.2, -0.15) is 0 Å². The van der Waals surface area contributed by atoms with Crippen molar-refractivity contribution in [2.45, 2.75) is 24.5 Å². The van der Waals surface area contributed by atoms with Crippen molar-refractivity contribution in [2.24, 2.45) is 0 Å². The average molecular weight is 409 g/mol. The first-order valence-electron chi connectivity index (χ1n) is 9.30. The quantitative estimate of drug-likeness (QED) is 0.317. The van der Waals surface area contributed by atoms with E-state index in [0.29, 0.717) is 11.2 Å². The number of nitrogens with two attached hydrogens (primary N) is 1. The summed E-state index contributed by atoms with van der Waals surface area (Å²) in [4.78, 5) is 17.1. The Morgan fingerprint density at radius 2 is 1.93 bits per heavy atom. The van der Waals surface area contributed by atoms with Crippen LogP contribution in [-0.2, 0) is 4.74 Å². The molecular weight excluding hydrogens is 390 g/mol. The highest BCUT2D eigenvalue weighted by atomic mass is 16.6. The third-order valence-electron chi connectivity index (χ3n) is 5.17. The molecule has 4 unspecified atom stereocenters. The maximum absolute atomic E-state index is 10.6. The van der Waals surface area contributed by atoms with Crippen molar-refractivity contribution in [3.8, 4) is 0 Å². The van der Waals surface area contributed by atoms with Crippen LogP contribution in [0.1, 0.15) is 6.23 Å². The number of nitrogen functional groups attached to an aromatic ring is 1. The lowest BCUT2D eigenvalue weighted by Crippen LogP contribution is -2.33. The van der Waals surface area contributed by atoms with Crippen molar-refractivity contribution in [3.05, 3.63) is 42.9 Å². The molecule has 0 aliphatic carbocycles. The number of hydrogen-bond acceptors (Lipinski definition) is 10. The van der Waals surface area contributed by atoms with Gasteiger partial charge in [0.1, 0.15) is 24.6 Å². The van der Waals surface area contributed by atoms with Crippen LogP contribution >= 0.6 is 0 Å². The Morgan fingerprint density at radius 1 is 1.10 bits per heavy atom. The number of aromatic nitrogens is 5. The molecule has 1 aliphatic rings. The van der Waals surface area contributed by atoms with Crippen LogP contribution < -0.4 is 11.1 Å². The number of imidazole rings is 1. The van der Waals surface area contributed by atoms with Crippen molar-refractivity contribution in [2.75, 3.05) is 17.7 Å². The van der Waals surface area contributed by atoms with Crippen LogP contribution in [-0.4, -0.2) is 64.7 Å². The normalized spacial score (nSPS) is 24.0. The minimum Gasteiger partial charge on any atom is -0.394 e. The van der Waals surface area contributed by atoms with Gasteiger partial charge >= 0.3 is 0 Å². The molecule has 4 atom stereocenters. The largest absolute Gasteiger partial charge is 0.394 e. The molecular formula is C19H19N7O4. The van der Waals surface area contributed by atoms with E-state index in [4.69, 9.17) is 10.5 Å². The Kier molecular flexibility index (Phi) is 4.44. The molecule has 1 fully saturated rings. The zero-order valence-electron chi connectivity index (χ0n) is 15.6. The lowest BCUT2D eigenvalue weighted by Gasteiger charge is -2.20. The molecule has 5 rings (SSSR count). The zero-order valence-corrected chi connectivity index (χ0v) is 15.6. The predicted octanol–water partition coefficient (Wildman–Crippen LogP) is 0.312. The minimum absolute atomic E-state index is 0.160. The summed E-state index contributed by atoms with van der Waals surface area (Å²) in [5, 5.41) is 34.3. The van der Waals surface area contributed by atoms with Gasteiger partial charge in [0.15, 0.2) is 23.2 Å². The van der Waals surface area contributed by atoms with Crippen LogP contribution in [0.2, 0.25) is 0 Å². The number of nitrogens with zero attached hydrogens (tertiary/aromatic N) is 5. The number of benzene rings is 1. The Morgan fingerprint density at radius 3 is 2.73 bits per heavy atom. The number of para-hydroxylation sites is 1. The molecule has 1 aromatic carbocycles. The number of aliphatic hydroxyl groups excluding tert-OH is 3. The number of fused-ring (bicyclic) bond motifs is 2. The summed E-state index contributed by atoms with van der Waals surface area (Å²) in [5.41, 5.74) is 8.12. The lowest BCUT2D eigenvalue weighted by molar-refractivity contribution is -0.0501. The Labute approximate surface area is 169 Å². The molecule has 0 amide bonds.